The second-order valence-electron chi connectivity index (χ2n) is 3.40. The van der Waals surface area contributed by atoms with E-state index in [2.05, 4.69) is 6.92 Å². The molecule has 0 saturated carbocycles. The molecule has 0 saturated heterocycles. The summed E-state index contributed by atoms with van der Waals surface area (Å²) in [5, 5.41) is 10.5. The Morgan fingerprint density at radius 3 is 2.88 bits per heavy atom. The van der Waals surface area contributed by atoms with Crippen LogP contribution in [0.2, 0.25) is 5.02 Å². The quantitative estimate of drug-likeness (QED) is 0.794. The van der Waals surface area contributed by atoms with Crippen LogP contribution in [0.3, 0.4) is 0 Å². The Morgan fingerprint density at radius 1 is 1.50 bits per heavy atom. The van der Waals surface area contributed by atoms with Crippen molar-refractivity contribution in [3.63, 3.8) is 0 Å². The standard InChI is InChI=1S/C12H17ClO2S/c1-3-16-7-6-11(14)9-4-5-10(13)12(8-9)15-2/h4-5,8,11,14H,3,6-7H2,1-2H3. The molecular formula is C12H17ClO2S. The molecule has 1 rings (SSSR count). The molecule has 0 aliphatic rings. The second-order valence-corrected chi connectivity index (χ2v) is 5.20. The van der Waals surface area contributed by atoms with E-state index in [0.717, 1.165) is 23.5 Å². The molecule has 0 aliphatic heterocycles. The van der Waals surface area contributed by atoms with Crippen molar-refractivity contribution < 1.29 is 9.84 Å². The summed E-state index contributed by atoms with van der Waals surface area (Å²) in [6, 6.07) is 5.39. The zero-order valence-corrected chi connectivity index (χ0v) is 11.1. The molecule has 16 heavy (non-hydrogen) atoms. The van der Waals surface area contributed by atoms with Gasteiger partial charge in [-0.15, -0.1) is 0 Å². The van der Waals surface area contributed by atoms with Crippen molar-refractivity contribution in [2.24, 2.45) is 0 Å². The van der Waals surface area contributed by atoms with Gasteiger partial charge in [0.2, 0.25) is 0 Å². The molecule has 0 bridgehead atoms. The summed E-state index contributed by atoms with van der Waals surface area (Å²) in [5.41, 5.74) is 0.859. The van der Waals surface area contributed by atoms with E-state index in [4.69, 9.17) is 16.3 Å². The third-order valence-corrected chi connectivity index (χ3v) is 3.54. The molecular weight excluding hydrogens is 244 g/mol. The van der Waals surface area contributed by atoms with Crippen LogP contribution in [-0.4, -0.2) is 23.7 Å². The number of benzene rings is 1. The molecule has 1 aromatic carbocycles. The molecule has 0 amide bonds. The van der Waals surface area contributed by atoms with Crippen molar-refractivity contribution in [3.8, 4) is 5.75 Å². The molecule has 0 aliphatic carbocycles. The van der Waals surface area contributed by atoms with Crippen molar-refractivity contribution in [3.05, 3.63) is 28.8 Å². The normalized spacial score (nSPS) is 12.5. The number of halogens is 1. The van der Waals surface area contributed by atoms with E-state index in [1.807, 2.05) is 17.8 Å². The van der Waals surface area contributed by atoms with Crippen LogP contribution in [0.4, 0.5) is 0 Å². The summed E-state index contributed by atoms with van der Waals surface area (Å²) in [4.78, 5) is 0. The Bertz CT molecular complexity index is 331. The van der Waals surface area contributed by atoms with Gasteiger partial charge in [0.05, 0.1) is 18.2 Å². The molecule has 0 radical (unpaired) electrons. The molecule has 0 aromatic heterocycles. The molecule has 0 spiro atoms. The van der Waals surface area contributed by atoms with Gasteiger partial charge < -0.3 is 9.84 Å². The number of hydrogen-bond acceptors (Lipinski definition) is 3. The summed E-state index contributed by atoms with van der Waals surface area (Å²) >= 11 is 7.74. The summed E-state index contributed by atoms with van der Waals surface area (Å²) in [6.45, 7) is 2.11. The molecule has 90 valence electrons. The zero-order chi connectivity index (χ0) is 12.0. The average Bonchev–Trinajstić information content (AvgIpc) is 2.30. The van der Waals surface area contributed by atoms with Crippen LogP contribution in [0.1, 0.15) is 25.0 Å². The van der Waals surface area contributed by atoms with Gasteiger partial charge >= 0.3 is 0 Å². The van der Waals surface area contributed by atoms with E-state index in [-0.39, 0.29) is 0 Å². The Hall–Kier alpha value is -0.380. The number of rotatable bonds is 6. The molecule has 1 N–H and O–H groups in total. The number of aliphatic hydroxyl groups is 1. The highest BCUT2D eigenvalue weighted by Crippen LogP contribution is 2.29. The van der Waals surface area contributed by atoms with Crippen LogP contribution >= 0.6 is 23.4 Å². The first-order valence-corrected chi connectivity index (χ1v) is 6.81. The number of thioether (sulfide) groups is 1. The Balaban J connectivity index is 2.64. The van der Waals surface area contributed by atoms with Crippen LogP contribution in [0.25, 0.3) is 0 Å². The first-order valence-electron chi connectivity index (χ1n) is 5.28. The summed E-state index contributed by atoms with van der Waals surface area (Å²) in [5.74, 6) is 2.65. The summed E-state index contributed by atoms with van der Waals surface area (Å²) in [7, 11) is 1.57. The number of ether oxygens (including phenoxy) is 1. The van der Waals surface area contributed by atoms with Crippen LogP contribution in [-0.2, 0) is 0 Å². The number of aliphatic hydroxyl groups excluding tert-OH is 1. The Labute approximate surface area is 106 Å². The first-order chi connectivity index (χ1) is 7.69. The minimum atomic E-state index is -0.440. The van der Waals surface area contributed by atoms with E-state index in [9.17, 15) is 5.11 Å². The predicted molar refractivity (Wildman–Crippen MR) is 70.6 cm³/mol. The third kappa shape index (κ3) is 3.89. The maximum atomic E-state index is 9.95. The third-order valence-electron chi connectivity index (χ3n) is 2.30. The molecule has 1 aromatic rings. The van der Waals surface area contributed by atoms with Gasteiger partial charge in [-0.3, -0.25) is 0 Å². The van der Waals surface area contributed by atoms with Crippen LogP contribution in [0, 0.1) is 0 Å². The maximum absolute atomic E-state index is 9.95. The summed E-state index contributed by atoms with van der Waals surface area (Å²) in [6.07, 6.45) is 0.314. The smallest absolute Gasteiger partial charge is 0.137 e. The van der Waals surface area contributed by atoms with Crippen LogP contribution in [0.5, 0.6) is 5.75 Å². The fourth-order valence-electron chi connectivity index (χ4n) is 1.39. The average molecular weight is 261 g/mol. The van der Waals surface area contributed by atoms with E-state index in [0.29, 0.717) is 10.8 Å². The van der Waals surface area contributed by atoms with Crippen molar-refractivity contribution in [1.82, 2.24) is 0 Å². The predicted octanol–water partition coefficient (Wildman–Crippen LogP) is 3.53. The SMILES string of the molecule is CCSCCC(O)c1ccc(Cl)c(OC)c1. The van der Waals surface area contributed by atoms with Crippen LogP contribution < -0.4 is 4.74 Å². The lowest BCUT2D eigenvalue weighted by molar-refractivity contribution is 0.174. The lowest BCUT2D eigenvalue weighted by atomic mass is 10.1. The fourth-order valence-corrected chi connectivity index (χ4v) is 2.26. The summed E-state index contributed by atoms with van der Waals surface area (Å²) < 4.78 is 5.11. The molecule has 0 heterocycles. The lowest BCUT2D eigenvalue weighted by Gasteiger charge is -2.12. The molecule has 1 atom stereocenters. The number of methoxy groups -OCH3 is 1. The highest BCUT2D eigenvalue weighted by molar-refractivity contribution is 7.99. The van der Waals surface area contributed by atoms with Gasteiger partial charge in [0.1, 0.15) is 5.75 Å². The monoisotopic (exact) mass is 260 g/mol. The van der Waals surface area contributed by atoms with Gasteiger partial charge in [-0.05, 0) is 35.6 Å². The second kappa shape index (κ2) is 7.05. The number of hydrogen-bond donors (Lipinski definition) is 1. The van der Waals surface area contributed by atoms with E-state index >= 15 is 0 Å². The highest BCUT2D eigenvalue weighted by atomic mass is 35.5. The molecule has 1 unspecified atom stereocenters. The largest absolute Gasteiger partial charge is 0.495 e. The topological polar surface area (TPSA) is 29.5 Å². The minimum Gasteiger partial charge on any atom is -0.495 e. The van der Waals surface area contributed by atoms with Crippen LogP contribution in [0.15, 0.2) is 18.2 Å². The van der Waals surface area contributed by atoms with E-state index in [1.165, 1.54) is 0 Å². The van der Waals surface area contributed by atoms with Crippen molar-refractivity contribution in [2.75, 3.05) is 18.6 Å². The Kier molecular flexibility index (Phi) is 6.03. The molecule has 4 heteroatoms. The maximum Gasteiger partial charge on any atom is 0.137 e. The molecule has 2 nitrogen and oxygen atoms in total. The van der Waals surface area contributed by atoms with Gasteiger partial charge in [-0.2, -0.15) is 11.8 Å². The van der Waals surface area contributed by atoms with Gasteiger partial charge in [-0.25, -0.2) is 0 Å². The van der Waals surface area contributed by atoms with Crippen molar-refractivity contribution >= 4 is 23.4 Å². The fraction of sp³-hybridized carbons (Fsp3) is 0.500. The van der Waals surface area contributed by atoms with E-state index < -0.39 is 6.10 Å². The minimum absolute atomic E-state index is 0.440. The van der Waals surface area contributed by atoms with Gasteiger partial charge in [-0.1, -0.05) is 24.6 Å². The lowest BCUT2D eigenvalue weighted by Crippen LogP contribution is -2.00. The van der Waals surface area contributed by atoms with Gasteiger partial charge in [0.25, 0.3) is 0 Å². The zero-order valence-electron chi connectivity index (χ0n) is 9.57. The van der Waals surface area contributed by atoms with Crippen molar-refractivity contribution in [1.29, 1.82) is 0 Å². The van der Waals surface area contributed by atoms with E-state index in [1.54, 1.807) is 19.2 Å². The Morgan fingerprint density at radius 2 is 2.25 bits per heavy atom. The van der Waals surface area contributed by atoms with Crippen molar-refractivity contribution in [2.45, 2.75) is 19.4 Å². The van der Waals surface area contributed by atoms with Gasteiger partial charge in [0.15, 0.2) is 0 Å². The highest BCUT2D eigenvalue weighted by Gasteiger charge is 2.10. The first kappa shape index (κ1) is 13.7. The van der Waals surface area contributed by atoms with Gasteiger partial charge in [0, 0.05) is 0 Å². The molecule has 0 fully saturated rings.